The Morgan fingerprint density at radius 2 is 1.66 bits per heavy atom. The van der Waals surface area contributed by atoms with Gasteiger partial charge in [-0.15, -0.1) is 0 Å². The minimum absolute atomic E-state index is 0.157. The lowest BCUT2D eigenvalue weighted by molar-refractivity contribution is 0.0465. The fourth-order valence-electron chi connectivity index (χ4n) is 3.40. The largest absolute Gasteiger partial charge is 0.444 e. The zero-order valence-corrected chi connectivity index (χ0v) is 21.1. The normalized spacial score (nSPS) is 14.3. The van der Waals surface area contributed by atoms with E-state index in [1.54, 1.807) is 0 Å². The van der Waals surface area contributed by atoms with E-state index in [4.69, 9.17) is 9.26 Å². The molecule has 0 fully saturated rings. The Morgan fingerprint density at radius 3 is 2.19 bits per heavy atom. The minimum Gasteiger partial charge on any atom is -0.444 e. The molecule has 1 aromatic heterocycles. The predicted octanol–water partition coefficient (Wildman–Crippen LogP) is 5.83. The van der Waals surface area contributed by atoms with Gasteiger partial charge in [-0.2, -0.15) is 4.98 Å². The number of benzene rings is 1. The number of carbonyl (C=O) groups is 1. The molecule has 1 aromatic carbocycles. The number of amides is 1. The Labute approximate surface area is 192 Å². The Morgan fingerprint density at radius 1 is 1.06 bits per heavy atom. The first kappa shape index (κ1) is 25.8. The molecule has 0 aliphatic carbocycles. The molecular weight excluding hydrogens is 404 g/mol. The van der Waals surface area contributed by atoms with Gasteiger partial charge >= 0.3 is 6.09 Å². The lowest BCUT2D eigenvalue weighted by Gasteiger charge is -2.26. The molecule has 2 atom stereocenters. The Hall–Kier alpha value is -2.41. The molecule has 178 valence electrons. The fraction of sp³-hybridized carbons (Fsp3) is 0.640. The number of hydrogen-bond acceptors (Lipinski definition) is 6. The van der Waals surface area contributed by atoms with E-state index in [0.29, 0.717) is 30.1 Å². The summed E-state index contributed by atoms with van der Waals surface area (Å²) in [5, 5.41) is 10.4. The number of ether oxygens (including phenoxy) is 1. The first-order valence-corrected chi connectivity index (χ1v) is 11.5. The van der Waals surface area contributed by atoms with Crippen molar-refractivity contribution in [1.82, 2.24) is 20.8 Å². The van der Waals surface area contributed by atoms with E-state index in [1.165, 1.54) is 11.1 Å². The average Bonchev–Trinajstić information content (AvgIpc) is 3.16. The van der Waals surface area contributed by atoms with Crippen LogP contribution in [0.15, 0.2) is 28.8 Å². The van der Waals surface area contributed by atoms with Gasteiger partial charge in [-0.25, -0.2) is 4.79 Å². The smallest absolute Gasteiger partial charge is 0.408 e. The number of alkyl carbamates (subject to hydrolysis) is 1. The molecule has 0 saturated carbocycles. The summed E-state index contributed by atoms with van der Waals surface area (Å²) in [4.78, 5) is 16.6. The first-order chi connectivity index (χ1) is 14.8. The van der Waals surface area contributed by atoms with Gasteiger partial charge in [0.2, 0.25) is 5.89 Å². The number of nitrogens with one attached hydrogen (secondary N) is 2. The van der Waals surface area contributed by atoms with Crippen molar-refractivity contribution in [1.29, 1.82) is 0 Å². The van der Waals surface area contributed by atoms with Crippen LogP contribution in [0, 0.1) is 5.92 Å². The third-order valence-electron chi connectivity index (χ3n) is 5.46. The number of rotatable bonds is 9. The van der Waals surface area contributed by atoms with E-state index in [1.807, 2.05) is 34.6 Å². The molecule has 7 heteroatoms. The molecule has 7 nitrogen and oxygen atoms in total. The van der Waals surface area contributed by atoms with Crippen LogP contribution in [0.4, 0.5) is 4.79 Å². The Kier molecular flexibility index (Phi) is 8.46. The lowest BCUT2D eigenvalue weighted by Crippen LogP contribution is -2.44. The van der Waals surface area contributed by atoms with Crippen LogP contribution in [0.2, 0.25) is 0 Å². The zero-order valence-electron chi connectivity index (χ0n) is 21.1. The summed E-state index contributed by atoms with van der Waals surface area (Å²) in [6, 6.07) is 8.99. The van der Waals surface area contributed by atoms with Crippen molar-refractivity contribution in [2.45, 2.75) is 98.4 Å². The van der Waals surface area contributed by atoms with Crippen molar-refractivity contribution in [2.75, 3.05) is 0 Å². The van der Waals surface area contributed by atoms with Crippen molar-refractivity contribution in [3.8, 4) is 0 Å². The van der Waals surface area contributed by atoms with Gasteiger partial charge in [0, 0.05) is 6.04 Å². The van der Waals surface area contributed by atoms with Crippen molar-refractivity contribution in [2.24, 2.45) is 5.92 Å². The number of hydrogen-bond donors (Lipinski definition) is 2. The third-order valence-corrected chi connectivity index (χ3v) is 5.46. The highest BCUT2D eigenvalue weighted by atomic mass is 16.6. The van der Waals surface area contributed by atoms with Crippen LogP contribution < -0.4 is 10.6 Å². The summed E-state index contributed by atoms with van der Waals surface area (Å²) >= 11 is 0. The maximum atomic E-state index is 12.2. The van der Waals surface area contributed by atoms with Gasteiger partial charge in [0.1, 0.15) is 11.1 Å². The highest BCUT2D eigenvalue weighted by Crippen LogP contribution is 2.26. The molecule has 0 saturated heterocycles. The summed E-state index contributed by atoms with van der Waals surface area (Å²) in [6.07, 6.45) is 0.608. The summed E-state index contributed by atoms with van der Waals surface area (Å²) in [7, 11) is 0. The highest BCUT2D eigenvalue weighted by Gasteiger charge is 2.31. The molecule has 1 amide bonds. The lowest BCUT2D eigenvalue weighted by atomic mass is 9.92. The molecule has 2 unspecified atom stereocenters. The van der Waals surface area contributed by atoms with Gasteiger partial charge in [-0.3, -0.25) is 0 Å². The number of aromatic nitrogens is 2. The standard InChI is InChI=1S/C25H40N4O3/c1-10-17(4)18-11-13-19(14-12-18)21(16(2)3)26-15-20-27-22(29-32-20)25(8,9)28-23(30)31-24(5,6)7/h11-14,16-17,21,26H,10,15H2,1-9H3,(H,28,30). The van der Waals surface area contributed by atoms with Gasteiger partial charge in [-0.05, 0) is 64.0 Å². The average molecular weight is 445 g/mol. The van der Waals surface area contributed by atoms with Crippen molar-refractivity contribution in [3.05, 3.63) is 47.1 Å². The summed E-state index contributed by atoms with van der Waals surface area (Å²) in [6.45, 7) is 18.4. The van der Waals surface area contributed by atoms with E-state index in [9.17, 15) is 4.79 Å². The molecule has 2 rings (SSSR count). The van der Waals surface area contributed by atoms with Crippen LogP contribution in [0.3, 0.4) is 0 Å². The number of nitrogens with zero attached hydrogens (tertiary/aromatic N) is 2. The maximum absolute atomic E-state index is 12.2. The van der Waals surface area contributed by atoms with Gasteiger partial charge < -0.3 is 19.9 Å². The van der Waals surface area contributed by atoms with Crippen LogP contribution in [0.25, 0.3) is 0 Å². The zero-order chi connectivity index (χ0) is 24.1. The van der Waals surface area contributed by atoms with E-state index in [-0.39, 0.29) is 6.04 Å². The Balaban J connectivity index is 2.04. The minimum atomic E-state index is -0.826. The molecule has 1 heterocycles. The molecule has 0 aliphatic heterocycles. The van der Waals surface area contributed by atoms with E-state index >= 15 is 0 Å². The first-order valence-electron chi connectivity index (χ1n) is 11.5. The monoisotopic (exact) mass is 444 g/mol. The maximum Gasteiger partial charge on any atom is 0.408 e. The van der Waals surface area contributed by atoms with E-state index in [0.717, 1.165) is 6.42 Å². The molecule has 32 heavy (non-hydrogen) atoms. The molecule has 0 spiro atoms. The fourth-order valence-corrected chi connectivity index (χ4v) is 3.40. The van der Waals surface area contributed by atoms with E-state index < -0.39 is 17.2 Å². The SMILES string of the molecule is CCC(C)c1ccc(C(NCc2nc(C(C)(C)NC(=O)OC(C)(C)C)no2)C(C)C)cc1. The van der Waals surface area contributed by atoms with Crippen LogP contribution in [0.5, 0.6) is 0 Å². The second kappa shape index (κ2) is 10.5. The topological polar surface area (TPSA) is 89.3 Å². The highest BCUT2D eigenvalue weighted by molar-refractivity contribution is 5.68. The van der Waals surface area contributed by atoms with Crippen molar-refractivity contribution < 1.29 is 14.1 Å². The molecular formula is C25H40N4O3. The van der Waals surface area contributed by atoms with Gasteiger partial charge in [-0.1, -0.05) is 57.1 Å². The summed E-state index contributed by atoms with van der Waals surface area (Å²) < 4.78 is 10.8. The van der Waals surface area contributed by atoms with Crippen LogP contribution in [-0.4, -0.2) is 21.8 Å². The van der Waals surface area contributed by atoms with Crippen LogP contribution >= 0.6 is 0 Å². The van der Waals surface area contributed by atoms with Gasteiger partial charge in [0.25, 0.3) is 0 Å². The van der Waals surface area contributed by atoms with Crippen molar-refractivity contribution in [3.63, 3.8) is 0 Å². The third kappa shape index (κ3) is 7.33. The molecule has 0 bridgehead atoms. The summed E-state index contributed by atoms with van der Waals surface area (Å²) in [5.41, 5.74) is 1.19. The van der Waals surface area contributed by atoms with Crippen LogP contribution in [0.1, 0.15) is 104 Å². The Bertz CT molecular complexity index is 866. The number of carbonyl (C=O) groups excluding carboxylic acids is 1. The van der Waals surface area contributed by atoms with Crippen molar-refractivity contribution >= 4 is 6.09 Å². The second-order valence-electron chi connectivity index (χ2n) is 10.3. The molecule has 2 N–H and O–H groups in total. The van der Waals surface area contributed by atoms with E-state index in [2.05, 4.69) is 72.7 Å². The van der Waals surface area contributed by atoms with Gasteiger partial charge in [0.15, 0.2) is 5.82 Å². The molecule has 0 aliphatic rings. The van der Waals surface area contributed by atoms with Gasteiger partial charge in [0.05, 0.1) is 6.54 Å². The predicted molar refractivity (Wildman–Crippen MR) is 126 cm³/mol. The summed E-state index contributed by atoms with van der Waals surface area (Å²) in [5.74, 6) is 1.82. The quantitative estimate of drug-likeness (QED) is 0.506. The molecule has 0 radical (unpaired) electrons. The van der Waals surface area contributed by atoms with Crippen LogP contribution in [-0.2, 0) is 16.8 Å². The second-order valence-corrected chi connectivity index (χ2v) is 10.3. The molecule has 2 aromatic rings.